The average Bonchev–Trinajstić information content (AvgIpc) is 2.57. The maximum absolute atomic E-state index is 10.2. The molecule has 0 heterocycles. The van der Waals surface area contributed by atoms with Crippen LogP contribution in [0, 0.1) is 0 Å². The van der Waals surface area contributed by atoms with Gasteiger partial charge >= 0.3 is 0 Å². The predicted octanol–water partition coefficient (Wildman–Crippen LogP) is 2.61. The van der Waals surface area contributed by atoms with Crippen LogP contribution < -0.4 is 9.47 Å². The van der Waals surface area contributed by atoms with E-state index in [1.807, 2.05) is 0 Å². The van der Waals surface area contributed by atoms with Crippen molar-refractivity contribution in [1.82, 2.24) is 0 Å². The normalized spacial score (nSPS) is 8.70. The van der Waals surface area contributed by atoms with Gasteiger partial charge in [0, 0.05) is 12.2 Å². The van der Waals surface area contributed by atoms with Gasteiger partial charge in [-0.3, -0.25) is 4.79 Å². The molecule has 2 aromatic rings. The van der Waals surface area contributed by atoms with Crippen LogP contribution in [0.1, 0.15) is 17.3 Å². The largest absolute Gasteiger partial charge is 0.504 e. The molecule has 6 nitrogen and oxygen atoms in total. The van der Waals surface area contributed by atoms with Gasteiger partial charge in [0.25, 0.3) is 0 Å². The summed E-state index contributed by atoms with van der Waals surface area (Å²) in [5.41, 5.74) is 0.486. The van der Waals surface area contributed by atoms with Crippen molar-refractivity contribution < 1.29 is 29.6 Å². The van der Waals surface area contributed by atoms with Crippen molar-refractivity contribution in [3.63, 3.8) is 0 Å². The number of benzene rings is 2. The summed E-state index contributed by atoms with van der Waals surface area (Å²) in [5.74, 6) is 1.05. The molecule has 0 unspecified atom stereocenters. The second-order valence-electron chi connectivity index (χ2n) is 4.04. The Labute approximate surface area is 135 Å². The van der Waals surface area contributed by atoms with Crippen molar-refractivity contribution in [3.05, 3.63) is 48.0 Å². The zero-order valence-electron chi connectivity index (χ0n) is 13.4. The number of carbonyl (C=O) groups is 1. The van der Waals surface area contributed by atoms with Crippen LogP contribution in [0.4, 0.5) is 0 Å². The number of aliphatic hydroxyl groups excluding tert-OH is 1. The number of rotatable bonds is 3. The van der Waals surface area contributed by atoms with Crippen molar-refractivity contribution in [2.75, 3.05) is 20.8 Å². The molecule has 0 aromatic heterocycles. The van der Waals surface area contributed by atoms with Crippen molar-refractivity contribution in [3.8, 4) is 23.0 Å². The molecule has 126 valence electrons. The lowest BCUT2D eigenvalue weighted by molar-refractivity contribution is 0.112. The number of aliphatic hydroxyl groups is 1. The predicted molar refractivity (Wildman–Crippen MR) is 87.5 cm³/mol. The van der Waals surface area contributed by atoms with E-state index in [9.17, 15) is 4.79 Å². The van der Waals surface area contributed by atoms with E-state index in [4.69, 9.17) is 24.8 Å². The van der Waals surface area contributed by atoms with E-state index in [1.165, 1.54) is 32.4 Å². The first-order valence-electron chi connectivity index (χ1n) is 6.79. The number of aromatic hydroxyl groups is 2. The van der Waals surface area contributed by atoms with Crippen molar-refractivity contribution >= 4 is 6.29 Å². The molecule has 0 saturated carbocycles. The second kappa shape index (κ2) is 11.9. The highest BCUT2D eigenvalue weighted by Gasteiger charge is 2.00. The number of carbonyl (C=O) groups excluding carboxylic acids is 1. The first kappa shape index (κ1) is 20.3. The van der Waals surface area contributed by atoms with Gasteiger partial charge < -0.3 is 24.8 Å². The summed E-state index contributed by atoms with van der Waals surface area (Å²) in [6.45, 7) is 1.93. The zero-order valence-corrected chi connectivity index (χ0v) is 13.4. The Hall–Kier alpha value is -2.73. The molecular weight excluding hydrogens is 300 g/mol. The fourth-order valence-electron chi connectivity index (χ4n) is 1.40. The summed E-state index contributed by atoms with van der Waals surface area (Å²) >= 11 is 0. The van der Waals surface area contributed by atoms with Crippen LogP contribution in [0.15, 0.2) is 42.5 Å². The van der Waals surface area contributed by atoms with Crippen molar-refractivity contribution in [2.45, 2.75) is 6.92 Å². The van der Waals surface area contributed by atoms with Crippen LogP contribution in [0.2, 0.25) is 0 Å². The van der Waals surface area contributed by atoms with Crippen LogP contribution in [0.3, 0.4) is 0 Å². The summed E-state index contributed by atoms with van der Waals surface area (Å²) < 4.78 is 9.57. The number of ether oxygens (including phenoxy) is 2. The Kier molecular flexibility index (Phi) is 10.5. The molecule has 0 bridgehead atoms. The summed E-state index contributed by atoms with van der Waals surface area (Å²) in [6.07, 6.45) is 0.696. The molecule has 0 aliphatic rings. The summed E-state index contributed by atoms with van der Waals surface area (Å²) in [5, 5.41) is 25.6. The third-order valence-corrected chi connectivity index (χ3v) is 2.43. The van der Waals surface area contributed by atoms with E-state index in [-0.39, 0.29) is 18.1 Å². The Morgan fingerprint density at radius 2 is 1.48 bits per heavy atom. The third kappa shape index (κ3) is 7.73. The number of hydrogen-bond donors (Lipinski definition) is 3. The molecule has 6 heteroatoms. The Balaban J connectivity index is 0.000000365. The summed E-state index contributed by atoms with van der Waals surface area (Å²) in [7, 11) is 2.96. The minimum Gasteiger partial charge on any atom is -0.504 e. The van der Waals surface area contributed by atoms with Gasteiger partial charge in [-0.2, -0.15) is 0 Å². The van der Waals surface area contributed by atoms with Gasteiger partial charge in [0.1, 0.15) is 6.29 Å². The molecule has 23 heavy (non-hydrogen) atoms. The standard InChI is InChI=1S/C8H8O3.C7H8O2.C2H6O/c1-11-8-4-6(5-9)2-3-7(8)10;1-9-7-5-3-2-4-6(7)8;1-2-3/h2-5,10H,1H3;2-5,8H,1H3;3H,2H2,1H3. The monoisotopic (exact) mass is 322 g/mol. The van der Waals surface area contributed by atoms with Crippen LogP contribution in [0.5, 0.6) is 23.0 Å². The Morgan fingerprint density at radius 3 is 1.91 bits per heavy atom. The third-order valence-electron chi connectivity index (χ3n) is 2.43. The van der Waals surface area contributed by atoms with Crippen molar-refractivity contribution in [2.24, 2.45) is 0 Å². The average molecular weight is 322 g/mol. The highest BCUT2D eigenvalue weighted by atomic mass is 16.5. The Bertz CT molecular complexity index is 583. The van der Waals surface area contributed by atoms with E-state index in [2.05, 4.69) is 0 Å². The quantitative estimate of drug-likeness (QED) is 0.752. The van der Waals surface area contributed by atoms with E-state index in [1.54, 1.807) is 31.2 Å². The number of aldehydes is 1. The highest BCUT2D eigenvalue weighted by Crippen LogP contribution is 2.25. The SMILES string of the molecule is CCO.COc1cc(C=O)ccc1O.COc1ccccc1O. The van der Waals surface area contributed by atoms with Crippen LogP contribution in [-0.4, -0.2) is 42.4 Å². The molecule has 0 amide bonds. The van der Waals surface area contributed by atoms with E-state index < -0.39 is 0 Å². The highest BCUT2D eigenvalue weighted by molar-refractivity contribution is 5.76. The van der Waals surface area contributed by atoms with Gasteiger partial charge in [-0.25, -0.2) is 0 Å². The lowest BCUT2D eigenvalue weighted by Gasteiger charge is -2.01. The molecular formula is C17H22O6. The lowest BCUT2D eigenvalue weighted by Crippen LogP contribution is -1.85. The maximum Gasteiger partial charge on any atom is 0.161 e. The number of methoxy groups -OCH3 is 2. The van der Waals surface area contributed by atoms with Crippen LogP contribution in [-0.2, 0) is 0 Å². The Morgan fingerprint density at radius 1 is 0.957 bits per heavy atom. The zero-order chi connectivity index (χ0) is 17.7. The van der Waals surface area contributed by atoms with Gasteiger partial charge in [-0.05, 0) is 37.3 Å². The fraction of sp³-hybridized carbons (Fsp3) is 0.235. The summed E-state index contributed by atoms with van der Waals surface area (Å²) in [4.78, 5) is 10.2. The number of para-hydroxylation sites is 2. The molecule has 0 aliphatic carbocycles. The number of phenolic OH excluding ortho intramolecular Hbond substituents is 2. The molecule has 0 spiro atoms. The molecule has 2 rings (SSSR count). The van der Waals surface area contributed by atoms with E-state index in [0.29, 0.717) is 23.3 Å². The van der Waals surface area contributed by atoms with Crippen LogP contribution in [0.25, 0.3) is 0 Å². The first-order valence-corrected chi connectivity index (χ1v) is 6.79. The fourth-order valence-corrected chi connectivity index (χ4v) is 1.40. The molecule has 0 saturated heterocycles. The molecule has 0 fully saturated rings. The minimum atomic E-state index is 0.0399. The number of phenols is 2. The van der Waals surface area contributed by atoms with Crippen LogP contribution >= 0.6 is 0 Å². The van der Waals surface area contributed by atoms with Gasteiger partial charge in [0.05, 0.1) is 14.2 Å². The molecule has 2 aromatic carbocycles. The minimum absolute atomic E-state index is 0.0399. The second-order valence-corrected chi connectivity index (χ2v) is 4.04. The first-order chi connectivity index (χ1) is 11.0. The van der Waals surface area contributed by atoms with Gasteiger partial charge in [-0.15, -0.1) is 0 Å². The van der Waals surface area contributed by atoms with Crippen molar-refractivity contribution in [1.29, 1.82) is 0 Å². The molecule has 3 N–H and O–H groups in total. The van der Waals surface area contributed by atoms with E-state index in [0.717, 1.165) is 0 Å². The smallest absolute Gasteiger partial charge is 0.161 e. The van der Waals surface area contributed by atoms with Gasteiger partial charge in [0.2, 0.25) is 0 Å². The lowest BCUT2D eigenvalue weighted by atomic mass is 10.2. The maximum atomic E-state index is 10.2. The number of hydrogen-bond acceptors (Lipinski definition) is 6. The topological polar surface area (TPSA) is 96.2 Å². The molecule has 0 aliphatic heterocycles. The van der Waals surface area contributed by atoms with Gasteiger partial charge in [-0.1, -0.05) is 12.1 Å². The summed E-state index contributed by atoms with van der Waals surface area (Å²) in [6, 6.07) is 11.3. The molecule has 0 atom stereocenters. The molecule has 0 radical (unpaired) electrons. The van der Waals surface area contributed by atoms with Gasteiger partial charge in [0.15, 0.2) is 23.0 Å². The van der Waals surface area contributed by atoms with E-state index >= 15 is 0 Å².